The van der Waals surface area contributed by atoms with Crippen LogP contribution in [0.2, 0.25) is 0 Å². The third kappa shape index (κ3) is 4.38. The molecule has 0 aliphatic rings. The fourth-order valence-corrected chi connectivity index (χ4v) is 3.04. The van der Waals surface area contributed by atoms with E-state index >= 15 is 0 Å². The fourth-order valence-electron chi connectivity index (χ4n) is 3.04. The van der Waals surface area contributed by atoms with E-state index in [4.69, 9.17) is 0 Å². The number of halogens is 1. The molecular formula is C23H19FN4O. The number of carbonyl (C=O) groups excluding carboxylic acids is 1. The monoisotopic (exact) mass is 386 g/mol. The maximum atomic E-state index is 13.0. The molecule has 1 amide bonds. The van der Waals surface area contributed by atoms with Crippen LogP contribution in [0.3, 0.4) is 0 Å². The van der Waals surface area contributed by atoms with Crippen molar-refractivity contribution in [3.05, 3.63) is 102 Å². The molecule has 0 atom stereocenters. The van der Waals surface area contributed by atoms with E-state index in [2.05, 4.69) is 15.4 Å². The van der Waals surface area contributed by atoms with Crippen LogP contribution in [0.15, 0.2) is 85.3 Å². The normalized spacial score (nSPS) is 10.7. The average Bonchev–Trinajstić information content (AvgIpc) is 3.22. The zero-order chi connectivity index (χ0) is 20.1. The maximum absolute atomic E-state index is 13.0. The molecule has 0 bridgehead atoms. The van der Waals surface area contributed by atoms with Crippen LogP contribution in [0.5, 0.6) is 0 Å². The first-order valence-corrected chi connectivity index (χ1v) is 9.29. The van der Waals surface area contributed by atoms with Crippen molar-refractivity contribution < 1.29 is 9.18 Å². The largest absolute Gasteiger partial charge is 0.352 e. The first-order valence-electron chi connectivity index (χ1n) is 9.29. The van der Waals surface area contributed by atoms with E-state index in [1.54, 1.807) is 35.4 Å². The van der Waals surface area contributed by atoms with Gasteiger partial charge in [0, 0.05) is 30.7 Å². The predicted molar refractivity (Wildman–Crippen MR) is 109 cm³/mol. The Kier molecular flexibility index (Phi) is 5.42. The lowest BCUT2D eigenvalue weighted by Crippen LogP contribution is -2.25. The standard InChI is InChI=1S/C23H19FN4O/c24-19-10-8-17(9-11-19)12-14-26-23(29)21-16-28(20-6-2-1-3-7-20)27-22(21)18-5-4-13-25-15-18/h1-11,13,15-16H,12,14H2,(H,26,29). The van der Waals surface area contributed by atoms with Gasteiger partial charge in [-0.05, 0) is 48.4 Å². The van der Waals surface area contributed by atoms with E-state index in [0.29, 0.717) is 24.2 Å². The van der Waals surface area contributed by atoms with E-state index in [9.17, 15) is 9.18 Å². The lowest BCUT2D eigenvalue weighted by atomic mass is 10.1. The molecular weight excluding hydrogens is 367 g/mol. The summed E-state index contributed by atoms with van der Waals surface area (Å²) >= 11 is 0. The third-order valence-corrected chi connectivity index (χ3v) is 4.53. The molecule has 2 aromatic carbocycles. The molecule has 0 aliphatic heterocycles. The Balaban J connectivity index is 1.56. The summed E-state index contributed by atoms with van der Waals surface area (Å²) < 4.78 is 14.7. The molecule has 0 aliphatic carbocycles. The van der Waals surface area contributed by atoms with E-state index in [1.165, 1.54) is 12.1 Å². The maximum Gasteiger partial charge on any atom is 0.255 e. The first-order chi connectivity index (χ1) is 14.2. The smallest absolute Gasteiger partial charge is 0.255 e. The summed E-state index contributed by atoms with van der Waals surface area (Å²) in [5.41, 5.74) is 3.63. The van der Waals surface area contributed by atoms with Gasteiger partial charge in [-0.2, -0.15) is 5.10 Å². The zero-order valence-corrected chi connectivity index (χ0v) is 15.6. The minimum Gasteiger partial charge on any atom is -0.352 e. The van der Waals surface area contributed by atoms with Crippen molar-refractivity contribution >= 4 is 5.91 Å². The molecule has 1 N–H and O–H groups in total. The molecule has 0 fully saturated rings. The highest BCUT2D eigenvalue weighted by molar-refractivity contribution is 5.99. The second-order valence-corrected chi connectivity index (χ2v) is 6.55. The number of pyridine rings is 1. The van der Waals surface area contributed by atoms with Crippen molar-refractivity contribution in [3.63, 3.8) is 0 Å². The number of hydrogen-bond acceptors (Lipinski definition) is 3. The van der Waals surface area contributed by atoms with Gasteiger partial charge >= 0.3 is 0 Å². The summed E-state index contributed by atoms with van der Waals surface area (Å²) in [6.45, 7) is 0.438. The molecule has 29 heavy (non-hydrogen) atoms. The topological polar surface area (TPSA) is 59.8 Å². The molecule has 2 aromatic heterocycles. The third-order valence-electron chi connectivity index (χ3n) is 4.53. The first kappa shape index (κ1) is 18.6. The van der Waals surface area contributed by atoms with E-state index in [0.717, 1.165) is 16.8 Å². The number of rotatable bonds is 6. The van der Waals surface area contributed by atoms with E-state index < -0.39 is 0 Å². The molecule has 6 heteroatoms. The van der Waals surface area contributed by atoms with Gasteiger partial charge in [-0.1, -0.05) is 30.3 Å². The lowest BCUT2D eigenvalue weighted by molar-refractivity contribution is 0.0954. The minimum atomic E-state index is -0.271. The quantitative estimate of drug-likeness (QED) is 0.544. The lowest BCUT2D eigenvalue weighted by Gasteiger charge is -2.06. The molecule has 0 saturated carbocycles. The van der Waals surface area contributed by atoms with Gasteiger partial charge in [0.2, 0.25) is 0 Å². The number of hydrogen-bond donors (Lipinski definition) is 1. The summed E-state index contributed by atoms with van der Waals surface area (Å²) in [4.78, 5) is 17.0. The molecule has 144 valence electrons. The van der Waals surface area contributed by atoms with Gasteiger partial charge in [0.15, 0.2) is 0 Å². The van der Waals surface area contributed by atoms with Gasteiger partial charge in [-0.3, -0.25) is 9.78 Å². The van der Waals surface area contributed by atoms with Crippen LogP contribution < -0.4 is 5.32 Å². The Morgan fingerprint density at radius 3 is 2.52 bits per heavy atom. The Morgan fingerprint density at radius 2 is 1.79 bits per heavy atom. The van der Waals surface area contributed by atoms with Gasteiger partial charge in [0.05, 0.1) is 11.3 Å². The molecule has 2 heterocycles. The highest BCUT2D eigenvalue weighted by atomic mass is 19.1. The second kappa shape index (κ2) is 8.48. The summed E-state index contributed by atoms with van der Waals surface area (Å²) in [5.74, 6) is -0.486. The molecule has 0 spiro atoms. The summed E-state index contributed by atoms with van der Waals surface area (Å²) in [6, 6.07) is 19.6. The van der Waals surface area contributed by atoms with Crippen molar-refractivity contribution in [1.82, 2.24) is 20.1 Å². The number of carbonyl (C=O) groups is 1. The fraction of sp³-hybridized carbons (Fsp3) is 0.0870. The summed E-state index contributed by atoms with van der Waals surface area (Å²) in [6.07, 6.45) is 5.71. The summed E-state index contributed by atoms with van der Waals surface area (Å²) in [5, 5.41) is 7.55. The minimum absolute atomic E-state index is 0.215. The second-order valence-electron chi connectivity index (χ2n) is 6.55. The van der Waals surface area contributed by atoms with Gasteiger partial charge in [-0.15, -0.1) is 0 Å². The molecule has 0 saturated heterocycles. The number of nitrogens with one attached hydrogen (secondary N) is 1. The Labute approximate surface area is 167 Å². The molecule has 4 aromatic rings. The van der Waals surface area contributed by atoms with Gasteiger partial charge in [0.25, 0.3) is 5.91 Å². The van der Waals surface area contributed by atoms with Gasteiger partial charge in [0.1, 0.15) is 11.5 Å². The van der Waals surface area contributed by atoms with E-state index in [1.807, 2.05) is 42.5 Å². The Hall–Kier alpha value is -3.80. The number of para-hydroxylation sites is 1. The van der Waals surface area contributed by atoms with Crippen LogP contribution in [0.4, 0.5) is 4.39 Å². The number of benzene rings is 2. The van der Waals surface area contributed by atoms with Crippen molar-refractivity contribution in [2.24, 2.45) is 0 Å². The van der Waals surface area contributed by atoms with E-state index in [-0.39, 0.29) is 11.7 Å². The van der Waals surface area contributed by atoms with Gasteiger partial charge in [-0.25, -0.2) is 9.07 Å². The van der Waals surface area contributed by atoms with Crippen molar-refractivity contribution in [2.45, 2.75) is 6.42 Å². The molecule has 0 unspecified atom stereocenters. The number of nitrogens with zero attached hydrogens (tertiary/aromatic N) is 3. The van der Waals surface area contributed by atoms with Crippen LogP contribution in [-0.4, -0.2) is 27.2 Å². The SMILES string of the molecule is O=C(NCCc1ccc(F)cc1)c1cn(-c2ccccc2)nc1-c1cccnc1. The van der Waals surface area contributed by atoms with Crippen molar-refractivity contribution in [1.29, 1.82) is 0 Å². The highest BCUT2D eigenvalue weighted by Crippen LogP contribution is 2.23. The molecule has 4 rings (SSSR count). The van der Waals surface area contributed by atoms with Crippen molar-refractivity contribution in [3.8, 4) is 16.9 Å². The number of amides is 1. The Bertz CT molecular complexity index is 1090. The molecule has 5 nitrogen and oxygen atoms in total. The van der Waals surface area contributed by atoms with Gasteiger partial charge < -0.3 is 5.32 Å². The Morgan fingerprint density at radius 1 is 1.00 bits per heavy atom. The van der Waals surface area contributed by atoms with Crippen LogP contribution in [0, 0.1) is 5.82 Å². The van der Waals surface area contributed by atoms with Crippen LogP contribution in [0.1, 0.15) is 15.9 Å². The summed E-state index contributed by atoms with van der Waals surface area (Å²) in [7, 11) is 0. The average molecular weight is 386 g/mol. The zero-order valence-electron chi connectivity index (χ0n) is 15.6. The van der Waals surface area contributed by atoms with Crippen molar-refractivity contribution in [2.75, 3.05) is 6.54 Å². The van der Waals surface area contributed by atoms with Crippen LogP contribution in [-0.2, 0) is 6.42 Å². The molecule has 0 radical (unpaired) electrons. The highest BCUT2D eigenvalue weighted by Gasteiger charge is 2.18. The number of aromatic nitrogens is 3. The predicted octanol–water partition coefficient (Wildman–Crippen LogP) is 4.05. The van der Waals surface area contributed by atoms with Crippen LogP contribution in [0.25, 0.3) is 16.9 Å². The van der Waals surface area contributed by atoms with Crippen LogP contribution >= 0.6 is 0 Å².